The Morgan fingerprint density at radius 1 is 1.38 bits per heavy atom. The minimum absolute atomic E-state index is 0.0781. The molecule has 1 saturated heterocycles. The Hall–Kier alpha value is -2.49. The van der Waals surface area contributed by atoms with E-state index >= 15 is 0 Å². The van der Waals surface area contributed by atoms with E-state index in [0.29, 0.717) is 6.20 Å². The van der Waals surface area contributed by atoms with Crippen molar-refractivity contribution < 1.29 is 23.1 Å². The van der Waals surface area contributed by atoms with Crippen LogP contribution in [-0.2, 0) is 12.7 Å². The van der Waals surface area contributed by atoms with E-state index in [1.165, 1.54) is 15.8 Å². The zero-order valence-electron chi connectivity index (χ0n) is 12.4. The molecule has 1 atom stereocenters. The van der Waals surface area contributed by atoms with Crippen LogP contribution in [0, 0.1) is 0 Å². The summed E-state index contributed by atoms with van der Waals surface area (Å²) in [5.41, 5.74) is -2.81. The van der Waals surface area contributed by atoms with Crippen LogP contribution in [0.4, 0.5) is 13.2 Å². The number of alkyl halides is 3. The summed E-state index contributed by atoms with van der Waals surface area (Å²) in [6.07, 6.45) is 0.354. The van der Waals surface area contributed by atoms with E-state index < -0.39 is 28.8 Å². The Kier molecular flexibility index (Phi) is 3.99. The van der Waals surface area contributed by atoms with E-state index in [-0.39, 0.29) is 26.1 Å². The number of carbonyl (C=O) groups excluding carboxylic acids is 1. The molecule has 128 valence electrons. The summed E-state index contributed by atoms with van der Waals surface area (Å²) in [5, 5.41) is 17.9. The van der Waals surface area contributed by atoms with Crippen LogP contribution in [-0.4, -0.2) is 54.6 Å². The smallest absolute Gasteiger partial charge is 0.386 e. The minimum Gasteiger partial charge on any atom is -0.386 e. The van der Waals surface area contributed by atoms with Gasteiger partial charge in [0.1, 0.15) is 5.60 Å². The van der Waals surface area contributed by atoms with E-state index in [9.17, 15) is 23.1 Å². The molecule has 0 bridgehead atoms. The largest absolute Gasteiger partial charge is 0.418 e. The Bertz CT molecular complexity index is 734. The molecule has 1 unspecified atom stereocenters. The molecule has 0 saturated carbocycles. The van der Waals surface area contributed by atoms with E-state index in [2.05, 4.69) is 15.3 Å². The van der Waals surface area contributed by atoms with Gasteiger partial charge in [-0.05, 0) is 12.5 Å². The van der Waals surface area contributed by atoms with Gasteiger partial charge in [0.25, 0.3) is 5.91 Å². The molecule has 0 aromatic carbocycles. The number of amides is 1. The van der Waals surface area contributed by atoms with Crippen molar-refractivity contribution in [1.29, 1.82) is 0 Å². The third-order valence-electron chi connectivity index (χ3n) is 3.90. The third kappa shape index (κ3) is 3.23. The molecule has 1 amide bonds. The van der Waals surface area contributed by atoms with Crippen LogP contribution < -0.4 is 0 Å². The van der Waals surface area contributed by atoms with Crippen molar-refractivity contribution in [3.8, 4) is 0 Å². The van der Waals surface area contributed by atoms with Crippen molar-refractivity contribution in [2.75, 3.05) is 13.1 Å². The predicted molar refractivity (Wildman–Crippen MR) is 74.7 cm³/mol. The molecule has 10 heteroatoms. The quantitative estimate of drug-likeness (QED) is 0.899. The highest BCUT2D eigenvalue weighted by Crippen LogP contribution is 2.33. The number of nitrogens with zero attached hydrogens (tertiary/aromatic N) is 5. The molecule has 24 heavy (non-hydrogen) atoms. The number of hydrogen-bond acceptors (Lipinski definition) is 5. The molecule has 0 spiro atoms. The van der Waals surface area contributed by atoms with Crippen LogP contribution in [0.2, 0.25) is 0 Å². The molecule has 1 aliphatic rings. The highest BCUT2D eigenvalue weighted by Gasteiger charge is 2.42. The highest BCUT2D eigenvalue weighted by atomic mass is 19.4. The second-order valence-electron chi connectivity index (χ2n) is 5.72. The van der Waals surface area contributed by atoms with E-state index in [4.69, 9.17) is 0 Å². The molecule has 2 aromatic rings. The monoisotopic (exact) mass is 341 g/mol. The zero-order valence-corrected chi connectivity index (χ0v) is 12.4. The van der Waals surface area contributed by atoms with Crippen molar-refractivity contribution in [3.05, 3.63) is 42.0 Å². The van der Waals surface area contributed by atoms with Crippen molar-refractivity contribution >= 4 is 5.91 Å². The molecule has 0 aliphatic carbocycles. The first-order valence-corrected chi connectivity index (χ1v) is 7.15. The van der Waals surface area contributed by atoms with Crippen LogP contribution in [0.15, 0.2) is 30.9 Å². The number of pyridine rings is 1. The summed E-state index contributed by atoms with van der Waals surface area (Å²) >= 11 is 0. The second-order valence-corrected chi connectivity index (χ2v) is 5.72. The number of β-amino-alcohol motifs (C(OH)–C–C–N with tert-alkyl or cyclic N) is 1. The van der Waals surface area contributed by atoms with Crippen LogP contribution in [0.25, 0.3) is 0 Å². The van der Waals surface area contributed by atoms with E-state index in [1.54, 1.807) is 6.20 Å². The summed E-state index contributed by atoms with van der Waals surface area (Å²) in [7, 11) is 0. The Morgan fingerprint density at radius 3 is 2.83 bits per heavy atom. The molecule has 1 N–H and O–H groups in total. The Labute approximate surface area is 134 Å². The fourth-order valence-electron chi connectivity index (χ4n) is 2.75. The van der Waals surface area contributed by atoms with Gasteiger partial charge in [0.2, 0.25) is 0 Å². The van der Waals surface area contributed by atoms with Crippen molar-refractivity contribution in [2.24, 2.45) is 0 Å². The van der Waals surface area contributed by atoms with E-state index in [0.717, 1.165) is 12.3 Å². The number of hydrogen-bond donors (Lipinski definition) is 1. The number of carbonyl (C=O) groups is 1. The van der Waals surface area contributed by atoms with Gasteiger partial charge >= 0.3 is 6.18 Å². The maximum atomic E-state index is 13.0. The maximum Gasteiger partial charge on any atom is 0.418 e. The van der Waals surface area contributed by atoms with Crippen LogP contribution in [0.5, 0.6) is 0 Å². The first-order chi connectivity index (χ1) is 11.3. The average molecular weight is 341 g/mol. The van der Waals surface area contributed by atoms with Gasteiger partial charge in [-0.15, -0.1) is 5.10 Å². The van der Waals surface area contributed by atoms with Crippen LogP contribution >= 0.6 is 0 Å². The topological polar surface area (TPSA) is 84.1 Å². The van der Waals surface area contributed by atoms with Crippen LogP contribution in [0.3, 0.4) is 0 Å². The lowest BCUT2D eigenvalue weighted by Gasteiger charge is -2.23. The summed E-state index contributed by atoms with van der Waals surface area (Å²) in [5.74, 6) is -0.778. The van der Waals surface area contributed by atoms with Crippen molar-refractivity contribution in [1.82, 2.24) is 24.9 Å². The lowest BCUT2D eigenvalue weighted by molar-refractivity contribution is -0.138. The molecule has 2 aromatic heterocycles. The standard InChI is InChI=1S/C14H14F3N5O2/c15-14(16,17)11-7-18-3-1-10(11)12(23)21-5-2-13(24,8-21)9-22-6-4-19-20-22/h1,3-4,6-7,24H,2,5,8-9H2. The first-order valence-electron chi connectivity index (χ1n) is 7.15. The van der Waals surface area contributed by atoms with Crippen LogP contribution in [0.1, 0.15) is 22.3 Å². The fraction of sp³-hybridized carbons (Fsp3) is 0.429. The number of likely N-dealkylation sites (tertiary alicyclic amines) is 1. The molecule has 7 nitrogen and oxygen atoms in total. The van der Waals surface area contributed by atoms with Gasteiger partial charge in [-0.1, -0.05) is 5.21 Å². The summed E-state index contributed by atoms with van der Waals surface area (Å²) in [6.45, 7) is 0.189. The lowest BCUT2D eigenvalue weighted by Crippen LogP contribution is -2.40. The highest BCUT2D eigenvalue weighted by molar-refractivity contribution is 5.96. The van der Waals surface area contributed by atoms with Crippen molar-refractivity contribution in [2.45, 2.75) is 24.7 Å². The van der Waals surface area contributed by atoms with Gasteiger partial charge in [-0.3, -0.25) is 9.78 Å². The third-order valence-corrected chi connectivity index (χ3v) is 3.90. The van der Waals surface area contributed by atoms with Gasteiger partial charge in [-0.25, -0.2) is 4.68 Å². The maximum absolute atomic E-state index is 13.0. The first kappa shape index (κ1) is 16.4. The van der Waals surface area contributed by atoms with E-state index in [1.807, 2.05) is 0 Å². The SMILES string of the molecule is O=C(c1ccncc1C(F)(F)F)N1CCC(O)(Cn2ccnn2)C1. The Morgan fingerprint density at radius 2 is 2.17 bits per heavy atom. The zero-order chi connectivity index (χ0) is 17.4. The van der Waals surface area contributed by atoms with Gasteiger partial charge in [0.05, 0.1) is 30.4 Å². The second kappa shape index (κ2) is 5.86. The van der Waals surface area contributed by atoms with Crippen molar-refractivity contribution in [3.63, 3.8) is 0 Å². The Balaban J connectivity index is 1.78. The van der Waals surface area contributed by atoms with Gasteiger partial charge < -0.3 is 10.0 Å². The minimum atomic E-state index is -4.67. The summed E-state index contributed by atoms with van der Waals surface area (Å²) in [4.78, 5) is 17.1. The normalized spacial score (nSPS) is 21.2. The molecule has 3 rings (SSSR count). The predicted octanol–water partition coefficient (Wildman–Crippen LogP) is 0.969. The molecule has 1 aliphatic heterocycles. The number of halogens is 3. The number of rotatable bonds is 3. The molecular formula is C14H14F3N5O2. The summed E-state index contributed by atoms with van der Waals surface area (Å²) < 4.78 is 40.5. The lowest BCUT2D eigenvalue weighted by atomic mass is 10.0. The molecule has 3 heterocycles. The molecular weight excluding hydrogens is 327 g/mol. The average Bonchev–Trinajstić information content (AvgIpc) is 3.16. The van der Waals surface area contributed by atoms with Gasteiger partial charge in [-0.2, -0.15) is 13.2 Å². The van der Waals surface area contributed by atoms with Gasteiger partial charge in [0.15, 0.2) is 0 Å². The number of aromatic nitrogens is 4. The summed E-state index contributed by atoms with van der Waals surface area (Å²) in [6, 6.07) is 1.04. The molecule has 1 fully saturated rings. The fourth-order valence-corrected chi connectivity index (χ4v) is 2.75. The molecule has 0 radical (unpaired) electrons. The number of aliphatic hydroxyl groups is 1. The van der Waals surface area contributed by atoms with Gasteiger partial charge in [0, 0.05) is 25.1 Å².